The third kappa shape index (κ3) is 4.21. The fourth-order valence-electron chi connectivity index (χ4n) is 2.58. The molecular formula is C19H18N6O4. The molecule has 0 aromatic carbocycles. The van der Waals surface area contributed by atoms with Crippen LogP contribution in [-0.4, -0.2) is 38.6 Å². The van der Waals surface area contributed by atoms with Crippen molar-refractivity contribution in [1.82, 2.24) is 19.9 Å². The van der Waals surface area contributed by atoms with Crippen molar-refractivity contribution in [2.75, 3.05) is 17.7 Å². The van der Waals surface area contributed by atoms with Gasteiger partial charge in [-0.05, 0) is 24.3 Å². The number of carboxylic acid groups (broad SMARTS) is 1. The number of aromatic carboxylic acids is 1. The highest BCUT2D eigenvalue weighted by molar-refractivity contribution is 6.00. The third-order valence-electron chi connectivity index (χ3n) is 4.05. The number of aryl methyl sites for hydroxylation is 1. The van der Waals surface area contributed by atoms with Crippen molar-refractivity contribution in [2.45, 2.75) is 0 Å². The molecule has 0 unspecified atom stereocenters. The lowest BCUT2D eigenvalue weighted by Gasteiger charge is -2.14. The Kier molecular flexibility index (Phi) is 5.54. The quantitative estimate of drug-likeness (QED) is 0.496. The summed E-state index contributed by atoms with van der Waals surface area (Å²) < 4.78 is 1.40. The minimum atomic E-state index is -1.14. The van der Waals surface area contributed by atoms with Gasteiger partial charge < -0.3 is 25.6 Å². The molecule has 0 aliphatic heterocycles. The summed E-state index contributed by atoms with van der Waals surface area (Å²) in [5.74, 6) is -1.20. The highest BCUT2D eigenvalue weighted by Crippen LogP contribution is 2.24. The number of rotatable bonds is 6. The molecule has 0 radical (unpaired) electrons. The van der Waals surface area contributed by atoms with E-state index in [-0.39, 0.29) is 34.0 Å². The van der Waals surface area contributed by atoms with Crippen LogP contribution >= 0.6 is 0 Å². The van der Waals surface area contributed by atoms with Crippen LogP contribution in [0.2, 0.25) is 0 Å². The number of nitrogens with one attached hydrogen (secondary N) is 3. The Hall–Kier alpha value is -4.21. The number of pyridine rings is 3. The minimum Gasteiger partial charge on any atom is -0.478 e. The smallest absolute Gasteiger partial charge is 0.339 e. The maximum atomic E-state index is 12.3. The van der Waals surface area contributed by atoms with Gasteiger partial charge in [-0.15, -0.1) is 0 Å². The average Bonchev–Trinajstić information content (AvgIpc) is 2.71. The van der Waals surface area contributed by atoms with E-state index in [4.69, 9.17) is 0 Å². The Morgan fingerprint density at radius 3 is 2.59 bits per heavy atom. The van der Waals surface area contributed by atoms with Gasteiger partial charge in [0.1, 0.15) is 22.9 Å². The predicted octanol–water partition coefficient (Wildman–Crippen LogP) is 1.72. The van der Waals surface area contributed by atoms with Crippen LogP contribution in [0.15, 0.2) is 53.7 Å². The maximum Gasteiger partial charge on any atom is 0.339 e. The van der Waals surface area contributed by atoms with E-state index in [2.05, 4.69) is 25.9 Å². The summed E-state index contributed by atoms with van der Waals surface area (Å²) in [6, 6.07) is 7.69. The van der Waals surface area contributed by atoms with Gasteiger partial charge in [0, 0.05) is 38.8 Å². The molecule has 0 bridgehead atoms. The third-order valence-corrected chi connectivity index (χ3v) is 4.05. The molecule has 10 heteroatoms. The fraction of sp³-hybridized carbons (Fsp3) is 0.105. The van der Waals surface area contributed by atoms with Crippen molar-refractivity contribution < 1.29 is 14.7 Å². The summed E-state index contributed by atoms with van der Waals surface area (Å²) in [6.45, 7) is 0. The van der Waals surface area contributed by atoms with Gasteiger partial charge in [-0.3, -0.25) is 9.59 Å². The molecule has 148 valence electrons. The maximum absolute atomic E-state index is 12.3. The van der Waals surface area contributed by atoms with Gasteiger partial charge >= 0.3 is 5.97 Å². The molecule has 3 rings (SSSR count). The highest BCUT2D eigenvalue weighted by Gasteiger charge is 2.16. The van der Waals surface area contributed by atoms with Crippen molar-refractivity contribution in [1.29, 1.82) is 0 Å². The van der Waals surface area contributed by atoms with Crippen LogP contribution in [0.3, 0.4) is 0 Å². The monoisotopic (exact) mass is 394 g/mol. The van der Waals surface area contributed by atoms with Crippen LogP contribution in [0, 0.1) is 0 Å². The highest BCUT2D eigenvalue weighted by atomic mass is 16.4. The summed E-state index contributed by atoms with van der Waals surface area (Å²) in [6.07, 6.45) is 4.38. The molecule has 0 aliphatic rings. The largest absolute Gasteiger partial charge is 0.478 e. The first kappa shape index (κ1) is 19.5. The predicted molar refractivity (Wildman–Crippen MR) is 107 cm³/mol. The molecule has 3 aromatic heterocycles. The second-order valence-electron chi connectivity index (χ2n) is 5.99. The van der Waals surface area contributed by atoms with Crippen molar-refractivity contribution in [3.63, 3.8) is 0 Å². The van der Waals surface area contributed by atoms with Crippen LogP contribution in [0.4, 0.5) is 23.0 Å². The first-order valence-electron chi connectivity index (χ1n) is 8.51. The first-order chi connectivity index (χ1) is 13.9. The Morgan fingerprint density at radius 1 is 1.07 bits per heavy atom. The normalized spacial score (nSPS) is 10.3. The van der Waals surface area contributed by atoms with Gasteiger partial charge in [0.25, 0.3) is 11.5 Å². The van der Waals surface area contributed by atoms with Gasteiger partial charge in [-0.1, -0.05) is 0 Å². The summed E-state index contributed by atoms with van der Waals surface area (Å²) in [5, 5.41) is 17.6. The molecule has 0 aliphatic carbocycles. The lowest BCUT2D eigenvalue weighted by molar-refractivity contribution is 0.0697. The zero-order valence-electron chi connectivity index (χ0n) is 15.6. The zero-order valence-corrected chi connectivity index (χ0v) is 15.6. The number of aromatic nitrogens is 3. The molecule has 3 aromatic rings. The zero-order chi connectivity index (χ0) is 21.0. The molecule has 4 N–H and O–H groups in total. The molecule has 29 heavy (non-hydrogen) atoms. The standard InChI is InChI=1S/C19H18N6O4/c1-20-17(26)12-10-22-15(24-16-11(19(28)29)5-3-7-21-16)9-14(12)23-13-6-4-8-25(2)18(13)27/h3-10H,1-2H3,(H,20,26)(H,28,29)(H2,21,22,23,24). The van der Waals surface area contributed by atoms with Crippen molar-refractivity contribution in [3.05, 3.63) is 70.4 Å². The van der Waals surface area contributed by atoms with Crippen LogP contribution in [0.1, 0.15) is 20.7 Å². The molecule has 0 saturated carbocycles. The van der Waals surface area contributed by atoms with E-state index in [9.17, 15) is 19.5 Å². The molecule has 10 nitrogen and oxygen atoms in total. The summed E-state index contributed by atoms with van der Waals surface area (Å²) in [5.41, 5.74) is 0.485. The SMILES string of the molecule is CNC(=O)c1cnc(Nc2ncccc2C(=O)O)cc1Nc1cccn(C)c1=O. The van der Waals surface area contributed by atoms with Crippen LogP contribution in [0.25, 0.3) is 0 Å². The molecule has 0 spiro atoms. The minimum absolute atomic E-state index is 0.0314. The number of amides is 1. The summed E-state index contributed by atoms with van der Waals surface area (Å²) in [7, 11) is 3.09. The van der Waals surface area contributed by atoms with E-state index in [0.717, 1.165) is 0 Å². The van der Waals surface area contributed by atoms with Gasteiger partial charge in [-0.2, -0.15) is 0 Å². The molecule has 3 heterocycles. The van der Waals surface area contributed by atoms with E-state index in [1.54, 1.807) is 25.4 Å². The lowest BCUT2D eigenvalue weighted by Crippen LogP contribution is -2.22. The van der Waals surface area contributed by atoms with Crippen molar-refractivity contribution in [3.8, 4) is 0 Å². The van der Waals surface area contributed by atoms with E-state index in [1.807, 2.05) is 0 Å². The van der Waals surface area contributed by atoms with Gasteiger partial charge in [0.05, 0.1) is 11.3 Å². The average molecular weight is 394 g/mol. The number of carboxylic acids is 1. The van der Waals surface area contributed by atoms with E-state index in [1.165, 1.54) is 42.2 Å². The lowest BCUT2D eigenvalue weighted by atomic mass is 10.2. The molecule has 0 atom stereocenters. The summed E-state index contributed by atoms with van der Waals surface area (Å²) >= 11 is 0. The molecule has 0 saturated heterocycles. The number of carbonyl (C=O) groups excluding carboxylic acids is 1. The number of hydrogen-bond donors (Lipinski definition) is 4. The van der Waals surface area contributed by atoms with E-state index in [0.29, 0.717) is 5.69 Å². The molecule has 1 amide bonds. The number of hydrogen-bond acceptors (Lipinski definition) is 7. The van der Waals surface area contributed by atoms with Gasteiger partial charge in [0.2, 0.25) is 0 Å². The van der Waals surface area contributed by atoms with Crippen molar-refractivity contribution in [2.24, 2.45) is 7.05 Å². The molecule has 0 fully saturated rings. The topological polar surface area (TPSA) is 138 Å². The van der Waals surface area contributed by atoms with Gasteiger partial charge in [-0.25, -0.2) is 14.8 Å². The Labute approximate surface area is 165 Å². The van der Waals surface area contributed by atoms with Crippen LogP contribution in [0.5, 0.6) is 0 Å². The Balaban J connectivity index is 2.02. The Bertz CT molecular complexity index is 1140. The number of carbonyl (C=O) groups is 2. The Morgan fingerprint density at radius 2 is 1.86 bits per heavy atom. The van der Waals surface area contributed by atoms with E-state index >= 15 is 0 Å². The fourth-order valence-corrected chi connectivity index (χ4v) is 2.58. The van der Waals surface area contributed by atoms with Crippen LogP contribution < -0.4 is 21.5 Å². The second-order valence-corrected chi connectivity index (χ2v) is 5.99. The number of anilines is 4. The second kappa shape index (κ2) is 8.21. The van der Waals surface area contributed by atoms with Crippen LogP contribution in [-0.2, 0) is 7.05 Å². The summed E-state index contributed by atoms with van der Waals surface area (Å²) in [4.78, 5) is 44.1. The van der Waals surface area contributed by atoms with E-state index < -0.39 is 11.9 Å². The molecular weight excluding hydrogens is 376 g/mol. The van der Waals surface area contributed by atoms with Gasteiger partial charge in [0.15, 0.2) is 0 Å². The first-order valence-corrected chi connectivity index (χ1v) is 8.51. The number of nitrogens with zero attached hydrogens (tertiary/aromatic N) is 3. The van der Waals surface area contributed by atoms with Crippen molar-refractivity contribution >= 4 is 34.9 Å².